The predicted molar refractivity (Wildman–Crippen MR) is 257 cm³/mol. The van der Waals surface area contributed by atoms with Gasteiger partial charge in [0.1, 0.15) is 23.6 Å². The molecule has 0 saturated carbocycles. The van der Waals surface area contributed by atoms with Gasteiger partial charge in [0.2, 0.25) is 23.5 Å². The lowest BCUT2D eigenvalue weighted by Crippen LogP contribution is -2.62. The summed E-state index contributed by atoms with van der Waals surface area (Å²) in [7, 11) is 6.03. The highest BCUT2D eigenvalue weighted by atomic mass is 16.5. The zero-order valence-electron chi connectivity index (χ0n) is 39.6. The fourth-order valence-electron chi connectivity index (χ4n) is 7.85. The van der Waals surface area contributed by atoms with E-state index in [1.807, 2.05) is 107 Å². The van der Waals surface area contributed by atoms with E-state index in [2.05, 4.69) is 26.6 Å². The maximum Gasteiger partial charge on any atom is 0.243 e. The molecule has 5 aromatic carbocycles. The van der Waals surface area contributed by atoms with Gasteiger partial charge in [0.15, 0.2) is 11.5 Å². The normalized spacial score (nSPS) is 13.8. The molecule has 7 N–H and O–H groups in total. The molecule has 3 amide bonds. The number of phenolic OH excluding ortho intramolecular Hbond substituents is 1. The van der Waals surface area contributed by atoms with Crippen LogP contribution in [0.15, 0.2) is 103 Å². The highest BCUT2D eigenvalue weighted by molar-refractivity contribution is 5.91. The molecule has 0 aromatic heterocycles. The second kappa shape index (κ2) is 23.7. The van der Waals surface area contributed by atoms with Gasteiger partial charge in [-0.2, -0.15) is 0 Å². The third-order valence-electron chi connectivity index (χ3n) is 11.8. The Bertz CT molecular complexity index is 2360. The summed E-state index contributed by atoms with van der Waals surface area (Å²) < 4.78 is 21.9. The Hall–Kier alpha value is -6.35. The second-order valence-corrected chi connectivity index (χ2v) is 17.8. The quantitative estimate of drug-likeness (QED) is 0.0418. The van der Waals surface area contributed by atoms with Crippen LogP contribution in [0.5, 0.6) is 28.7 Å². The Morgan fingerprint density at radius 2 is 1.33 bits per heavy atom. The largest absolute Gasteiger partial charge is 0.507 e. The van der Waals surface area contributed by atoms with Crippen LogP contribution in [-0.4, -0.2) is 93.2 Å². The van der Waals surface area contributed by atoms with E-state index in [9.17, 15) is 24.6 Å². The SMILES string of the molecule is COc1ccc(CNC(=O)[C@@H](NC(=O)[C@H](NCc2cc(OC)c(OC)c(OC)c2)[C@H](O)[C@H](Cc2ccccc2)NC[C@@H](NC(=O)Cc2cccc3ccccc23)C(C)(C)C)C(C)C)c(O)c1. The standard InChI is InChI=1S/C52H67N5O9/c1-32(2)46(50(61)55-30-37-22-23-38(63-6)28-41(37)58)57-51(62)47(54-29-34-25-42(64-7)49(66-9)43(26-34)65-8)48(60)40(24-33-16-11-10-12-17-33)53-31-44(52(3,4)5)56-45(59)27-36-20-15-19-35-18-13-14-21-39(35)36/h10-23,25-26,28,32,40,44,46-48,53-54,58,60H,24,27,29-31H2,1-9H3,(H,55,61)(H,56,59)(H,57,62)/t40-,44+,46-,47+,48+/m0/s1. The zero-order chi connectivity index (χ0) is 48.0. The third-order valence-corrected chi connectivity index (χ3v) is 11.8. The summed E-state index contributed by atoms with van der Waals surface area (Å²) in [4.78, 5) is 42.3. The molecule has 0 saturated heterocycles. The van der Waals surface area contributed by atoms with Gasteiger partial charge < -0.3 is 50.4 Å². The van der Waals surface area contributed by atoms with Gasteiger partial charge in [0.25, 0.3) is 0 Å². The molecule has 5 aromatic rings. The minimum atomic E-state index is -1.38. The van der Waals surface area contributed by atoms with Crippen molar-refractivity contribution < 1.29 is 43.5 Å². The number of carbonyl (C=O) groups excluding carboxylic acids is 3. The lowest BCUT2D eigenvalue weighted by atomic mass is 9.85. The zero-order valence-corrected chi connectivity index (χ0v) is 39.6. The summed E-state index contributed by atoms with van der Waals surface area (Å²) >= 11 is 0. The van der Waals surface area contributed by atoms with Crippen molar-refractivity contribution in [1.82, 2.24) is 26.6 Å². The van der Waals surface area contributed by atoms with Gasteiger partial charge in [0.05, 0.1) is 41.0 Å². The minimum Gasteiger partial charge on any atom is -0.507 e. The number of hydrogen-bond acceptors (Lipinski definition) is 11. The van der Waals surface area contributed by atoms with E-state index in [0.29, 0.717) is 40.5 Å². The number of amides is 3. The van der Waals surface area contributed by atoms with E-state index in [1.165, 1.54) is 34.5 Å². The van der Waals surface area contributed by atoms with Crippen LogP contribution in [0.3, 0.4) is 0 Å². The van der Waals surface area contributed by atoms with Crippen LogP contribution < -0.4 is 45.5 Å². The topological polar surface area (TPSA) is 189 Å². The molecular formula is C52H67N5O9. The first kappa shape index (κ1) is 50.6. The maximum absolute atomic E-state index is 14.7. The van der Waals surface area contributed by atoms with E-state index in [0.717, 1.165) is 21.9 Å². The van der Waals surface area contributed by atoms with Crippen molar-refractivity contribution in [1.29, 1.82) is 0 Å². The number of ether oxygens (including phenoxy) is 4. The Labute approximate surface area is 388 Å². The molecule has 0 unspecified atom stereocenters. The Balaban J connectivity index is 1.44. The monoisotopic (exact) mass is 905 g/mol. The van der Waals surface area contributed by atoms with Crippen molar-refractivity contribution >= 4 is 28.5 Å². The molecule has 14 nitrogen and oxygen atoms in total. The first-order valence-corrected chi connectivity index (χ1v) is 22.2. The number of aromatic hydroxyl groups is 1. The fraction of sp³-hybridized carbons (Fsp3) is 0.404. The van der Waals surface area contributed by atoms with Crippen LogP contribution in [0.4, 0.5) is 0 Å². The number of fused-ring (bicyclic) bond motifs is 1. The summed E-state index contributed by atoms with van der Waals surface area (Å²) in [5, 5.41) is 41.1. The number of hydrogen-bond donors (Lipinski definition) is 7. The van der Waals surface area contributed by atoms with Gasteiger partial charge in [-0.15, -0.1) is 0 Å². The average Bonchev–Trinajstić information content (AvgIpc) is 3.30. The number of carbonyl (C=O) groups is 3. The Kier molecular flexibility index (Phi) is 18.2. The molecule has 0 aliphatic rings. The van der Waals surface area contributed by atoms with Crippen LogP contribution in [0.25, 0.3) is 10.8 Å². The molecule has 5 rings (SSSR count). The summed E-state index contributed by atoms with van der Waals surface area (Å²) in [6.07, 6.45) is -0.882. The van der Waals surface area contributed by atoms with Gasteiger partial charge >= 0.3 is 0 Å². The van der Waals surface area contributed by atoms with E-state index in [1.54, 1.807) is 24.3 Å². The molecule has 14 heteroatoms. The highest BCUT2D eigenvalue weighted by Gasteiger charge is 2.37. The predicted octanol–water partition coefficient (Wildman–Crippen LogP) is 5.83. The number of phenols is 1. The van der Waals surface area contributed by atoms with Crippen LogP contribution in [0, 0.1) is 11.3 Å². The molecule has 0 fully saturated rings. The highest BCUT2D eigenvalue weighted by Crippen LogP contribution is 2.38. The van der Waals surface area contributed by atoms with Gasteiger partial charge in [-0.25, -0.2) is 0 Å². The average molecular weight is 906 g/mol. The van der Waals surface area contributed by atoms with E-state index in [4.69, 9.17) is 18.9 Å². The molecule has 5 atom stereocenters. The minimum absolute atomic E-state index is 0.00428. The van der Waals surface area contributed by atoms with E-state index >= 15 is 0 Å². The van der Waals surface area contributed by atoms with Crippen molar-refractivity contribution in [2.75, 3.05) is 35.0 Å². The van der Waals surface area contributed by atoms with Gasteiger partial charge in [-0.1, -0.05) is 107 Å². The van der Waals surface area contributed by atoms with E-state index < -0.39 is 41.5 Å². The van der Waals surface area contributed by atoms with Crippen molar-refractivity contribution in [2.45, 2.75) is 90.8 Å². The molecule has 0 spiro atoms. The lowest BCUT2D eigenvalue weighted by Gasteiger charge is -2.36. The van der Waals surface area contributed by atoms with Crippen LogP contribution >= 0.6 is 0 Å². The van der Waals surface area contributed by atoms with Crippen molar-refractivity contribution in [3.05, 3.63) is 125 Å². The molecule has 0 radical (unpaired) electrons. The van der Waals surface area contributed by atoms with Crippen molar-refractivity contribution in [3.63, 3.8) is 0 Å². The van der Waals surface area contributed by atoms with Crippen LogP contribution in [0.2, 0.25) is 0 Å². The molecule has 0 bridgehead atoms. The molecule has 0 aliphatic heterocycles. The van der Waals surface area contributed by atoms with Gasteiger partial charge in [0, 0.05) is 43.3 Å². The number of aliphatic hydroxyl groups excluding tert-OH is 1. The van der Waals surface area contributed by atoms with Crippen LogP contribution in [-0.2, 0) is 40.3 Å². The van der Waals surface area contributed by atoms with Crippen molar-refractivity contribution in [3.8, 4) is 28.7 Å². The molecule has 0 heterocycles. The van der Waals surface area contributed by atoms with Crippen LogP contribution in [0.1, 0.15) is 56.9 Å². The number of methoxy groups -OCH3 is 4. The van der Waals surface area contributed by atoms with E-state index in [-0.39, 0.29) is 49.7 Å². The summed E-state index contributed by atoms with van der Waals surface area (Å²) in [6.45, 7) is 10.1. The first-order valence-electron chi connectivity index (χ1n) is 22.2. The lowest BCUT2D eigenvalue weighted by molar-refractivity contribution is -0.133. The molecule has 0 aliphatic carbocycles. The number of rotatable bonds is 23. The molecule has 66 heavy (non-hydrogen) atoms. The van der Waals surface area contributed by atoms with Crippen molar-refractivity contribution in [2.24, 2.45) is 11.3 Å². The molecular weight excluding hydrogens is 839 g/mol. The second-order valence-electron chi connectivity index (χ2n) is 17.8. The Morgan fingerprint density at radius 1 is 0.667 bits per heavy atom. The Morgan fingerprint density at radius 3 is 1.95 bits per heavy atom. The number of aliphatic hydroxyl groups is 1. The number of nitrogens with one attached hydrogen (secondary N) is 5. The summed E-state index contributed by atoms with van der Waals surface area (Å²) in [5.41, 5.74) is 2.55. The fourth-order valence-corrected chi connectivity index (χ4v) is 7.85. The molecule has 354 valence electrons. The summed E-state index contributed by atoms with van der Waals surface area (Å²) in [5.74, 6) is 0.0411. The van der Waals surface area contributed by atoms with Gasteiger partial charge in [-0.05, 0) is 69.5 Å². The smallest absolute Gasteiger partial charge is 0.243 e. The first-order chi connectivity index (χ1) is 31.6. The third kappa shape index (κ3) is 13.6. The number of benzene rings is 5. The van der Waals surface area contributed by atoms with Gasteiger partial charge in [-0.3, -0.25) is 19.7 Å². The summed E-state index contributed by atoms with van der Waals surface area (Å²) in [6, 6.07) is 28.4. The maximum atomic E-state index is 14.7.